The van der Waals surface area contributed by atoms with Gasteiger partial charge in [-0.25, -0.2) is 8.42 Å². The molecule has 8 heteroatoms. The van der Waals surface area contributed by atoms with Gasteiger partial charge in [-0.05, 0) is 25.1 Å². The molecule has 1 unspecified atom stereocenters. The molecule has 0 bridgehead atoms. The third-order valence-corrected chi connectivity index (χ3v) is 5.61. The van der Waals surface area contributed by atoms with Crippen LogP contribution in [0.4, 0.5) is 0 Å². The number of rotatable bonds is 5. The minimum atomic E-state index is -3.53. The summed E-state index contributed by atoms with van der Waals surface area (Å²) in [7, 11) is -3.53. The lowest BCUT2D eigenvalue weighted by Gasteiger charge is -2.18. The molecule has 2 N–H and O–H groups in total. The summed E-state index contributed by atoms with van der Waals surface area (Å²) in [6.45, 7) is 2.46. The predicted molar refractivity (Wildman–Crippen MR) is 83.5 cm³/mol. The second-order valence-electron chi connectivity index (χ2n) is 5.63. The van der Waals surface area contributed by atoms with Gasteiger partial charge in [0.1, 0.15) is 13.2 Å². The minimum Gasteiger partial charge on any atom is -0.486 e. The summed E-state index contributed by atoms with van der Waals surface area (Å²) >= 11 is 0. The standard InChI is InChI=1S/C15H20N2O5S/c18-15(17-11-3-5-16-10-11)4-8-23(19,20)12-1-2-13-14(9-12)22-7-6-21-13/h1-2,9,11,16H,3-8,10H2,(H,17,18). The van der Waals surface area contributed by atoms with Gasteiger partial charge in [0.05, 0.1) is 10.6 Å². The number of hydrogen-bond acceptors (Lipinski definition) is 6. The first-order valence-electron chi connectivity index (χ1n) is 7.67. The number of nitrogens with one attached hydrogen (secondary N) is 2. The molecule has 0 spiro atoms. The smallest absolute Gasteiger partial charge is 0.221 e. The molecule has 0 aliphatic carbocycles. The zero-order chi connectivity index (χ0) is 16.3. The maximum Gasteiger partial charge on any atom is 0.221 e. The van der Waals surface area contributed by atoms with Crippen molar-refractivity contribution in [2.75, 3.05) is 32.1 Å². The maximum absolute atomic E-state index is 12.4. The molecule has 1 aromatic carbocycles. The zero-order valence-electron chi connectivity index (χ0n) is 12.7. The molecule has 2 aliphatic heterocycles. The normalized spacial score (nSPS) is 20.3. The molecule has 1 amide bonds. The van der Waals surface area contributed by atoms with Gasteiger partial charge in [0.2, 0.25) is 5.91 Å². The van der Waals surface area contributed by atoms with Gasteiger partial charge < -0.3 is 20.1 Å². The fourth-order valence-corrected chi connectivity index (χ4v) is 3.89. The van der Waals surface area contributed by atoms with Gasteiger partial charge >= 0.3 is 0 Å². The third-order valence-electron chi connectivity index (χ3n) is 3.90. The summed E-state index contributed by atoms with van der Waals surface area (Å²) in [5.74, 6) is 0.513. The van der Waals surface area contributed by atoms with Crippen molar-refractivity contribution < 1.29 is 22.7 Å². The second kappa shape index (κ2) is 6.76. The Morgan fingerprint density at radius 3 is 2.78 bits per heavy atom. The maximum atomic E-state index is 12.4. The molecular formula is C15H20N2O5S. The first-order chi connectivity index (χ1) is 11.0. The van der Waals surface area contributed by atoms with Crippen LogP contribution in [0.2, 0.25) is 0 Å². The van der Waals surface area contributed by atoms with Crippen molar-refractivity contribution in [1.29, 1.82) is 0 Å². The second-order valence-corrected chi connectivity index (χ2v) is 7.74. The van der Waals surface area contributed by atoms with Crippen molar-refractivity contribution in [1.82, 2.24) is 10.6 Å². The molecule has 3 rings (SSSR count). The van der Waals surface area contributed by atoms with Gasteiger partial charge in [0.25, 0.3) is 0 Å². The van der Waals surface area contributed by atoms with E-state index in [1.807, 2.05) is 0 Å². The Hall–Kier alpha value is -1.80. The van der Waals surface area contributed by atoms with Crippen LogP contribution in [0.3, 0.4) is 0 Å². The Morgan fingerprint density at radius 2 is 2.04 bits per heavy atom. The first-order valence-corrected chi connectivity index (χ1v) is 9.32. The molecule has 0 radical (unpaired) electrons. The highest BCUT2D eigenvalue weighted by Crippen LogP contribution is 2.32. The Balaban J connectivity index is 1.61. The molecule has 2 heterocycles. The molecule has 7 nitrogen and oxygen atoms in total. The van der Waals surface area contributed by atoms with Crippen LogP contribution in [0.1, 0.15) is 12.8 Å². The van der Waals surface area contributed by atoms with E-state index in [-0.39, 0.29) is 29.0 Å². The van der Waals surface area contributed by atoms with Crippen LogP contribution in [0.15, 0.2) is 23.1 Å². The zero-order valence-corrected chi connectivity index (χ0v) is 13.5. The Morgan fingerprint density at radius 1 is 1.26 bits per heavy atom. The highest BCUT2D eigenvalue weighted by Gasteiger charge is 2.22. The molecule has 1 atom stereocenters. The SMILES string of the molecule is O=C(CCS(=O)(=O)c1ccc2c(c1)OCCO2)NC1CCNC1. The van der Waals surface area contributed by atoms with E-state index in [0.717, 1.165) is 19.5 Å². The van der Waals surface area contributed by atoms with Gasteiger partial charge in [-0.15, -0.1) is 0 Å². The van der Waals surface area contributed by atoms with Crippen LogP contribution in [0.25, 0.3) is 0 Å². The highest BCUT2D eigenvalue weighted by atomic mass is 32.2. The van der Waals surface area contributed by atoms with Crippen molar-refractivity contribution in [2.45, 2.75) is 23.8 Å². The summed E-state index contributed by atoms with van der Waals surface area (Å²) in [5, 5.41) is 5.99. The van der Waals surface area contributed by atoms with Crippen molar-refractivity contribution in [3.63, 3.8) is 0 Å². The molecule has 1 aromatic rings. The van der Waals surface area contributed by atoms with Crippen molar-refractivity contribution in [3.8, 4) is 11.5 Å². The van der Waals surface area contributed by atoms with Gasteiger partial charge in [-0.2, -0.15) is 0 Å². The molecule has 2 aliphatic rings. The number of carbonyl (C=O) groups is 1. The predicted octanol–water partition coefficient (Wildman–Crippen LogP) is 0.0997. The van der Waals surface area contributed by atoms with Gasteiger partial charge in [-0.1, -0.05) is 0 Å². The molecule has 0 saturated carbocycles. The topological polar surface area (TPSA) is 93.7 Å². The fraction of sp³-hybridized carbons (Fsp3) is 0.533. The number of amides is 1. The summed E-state index contributed by atoms with van der Waals surface area (Å²) in [6, 6.07) is 4.63. The lowest BCUT2D eigenvalue weighted by Crippen LogP contribution is -2.36. The number of hydrogen-bond donors (Lipinski definition) is 2. The number of carbonyl (C=O) groups excluding carboxylic acids is 1. The monoisotopic (exact) mass is 340 g/mol. The summed E-state index contributed by atoms with van der Waals surface area (Å²) < 4.78 is 35.5. The Bertz CT molecular complexity index is 683. The van der Waals surface area contributed by atoms with E-state index in [2.05, 4.69) is 10.6 Å². The number of fused-ring (bicyclic) bond motifs is 1. The van der Waals surface area contributed by atoms with E-state index in [1.165, 1.54) is 12.1 Å². The molecular weight excluding hydrogens is 320 g/mol. The highest BCUT2D eigenvalue weighted by molar-refractivity contribution is 7.91. The molecule has 23 heavy (non-hydrogen) atoms. The van der Waals surface area contributed by atoms with Gasteiger partial charge in [-0.3, -0.25) is 4.79 Å². The fourth-order valence-electron chi connectivity index (χ4n) is 2.64. The average molecular weight is 340 g/mol. The van der Waals surface area contributed by atoms with E-state index in [1.54, 1.807) is 6.07 Å². The van der Waals surface area contributed by atoms with Gasteiger partial charge in [0.15, 0.2) is 21.3 Å². The van der Waals surface area contributed by atoms with Crippen LogP contribution in [-0.2, 0) is 14.6 Å². The Kier molecular flexibility index (Phi) is 4.72. The van der Waals surface area contributed by atoms with Gasteiger partial charge in [0, 0.05) is 25.1 Å². The van der Waals surface area contributed by atoms with Crippen LogP contribution in [0, 0.1) is 0 Å². The summed E-state index contributed by atoms with van der Waals surface area (Å²) in [4.78, 5) is 12.0. The van der Waals surface area contributed by atoms with E-state index >= 15 is 0 Å². The van der Waals surface area contributed by atoms with E-state index < -0.39 is 9.84 Å². The first kappa shape index (κ1) is 16.1. The van der Waals surface area contributed by atoms with E-state index in [0.29, 0.717) is 24.7 Å². The molecule has 1 fully saturated rings. The quantitative estimate of drug-likeness (QED) is 0.790. The third kappa shape index (κ3) is 3.94. The lowest BCUT2D eigenvalue weighted by molar-refractivity contribution is -0.121. The molecule has 1 saturated heterocycles. The van der Waals surface area contributed by atoms with Crippen molar-refractivity contribution >= 4 is 15.7 Å². The van der Waals surface area contributed by atoms with E-state index in [4.69, 9.17) is 9.47 Å². The largest absolute Gasteiger partial charge is 0.486 e. The number of ether oxygens (including phenoxy) is 2. The van der Waals surface area contributed by atoms with Crippen LogP contribution >= 0.6 is 0 Å². The number of benzene rings is 1. The van der Waals surface area contributed by atoms with E-state index in [9.17, 15) is 13.2 Å². The summed E-state index contributed by atoms with van der Waals surface area (Å²) in [5.41, 5.74) is 0. The Labute approximate surface area is 135 Å². The van der Waals surface area contributed by atoms with Crippen LogP contribution in [-0.4, -0.2) is 52.4 Å². The lowest BCUT2D eigenvalue weighted by atomic mass is 10.2. The van der Waals surface area contributed by atoms with Crippen LogP contribution in [0.5, 0.6) is 11.5 Å². The molecule has 0 aromatic heterocycles. The average Bonchev–Trinajstić information content (AvgIpc) is 3.05. The van der Waals surface area contributed by atoms with Crippen LogP contribution < -0.4 is 20.1 Å². The van der Waals surface area contributed by atoms with Crippen molar-refractivity contribution in [3.05, 3.63) is 18.2 Å². The summed E-state index contributed by atoms with van der Waals surface area (Å²) in [6.07, 6.45) is 0.827. The number of sulfone groups is 1. The minimum absolute atomic E-state index is 0.0483. The molecule has 126 valence electrons. The van der Waals surface area contributed by atoms with Crippen molar-refractivity contribution in [2.24, 2.45) is 0 Å².